The Hall–Kier alpha value is -2.11. The fourth-order valence-electron chi connectivity index (χ4n) is 2.41. The maximum absolute atomic E-state index is 12.0. The molecule has 1 amide bonds. The van der Waals surface area contributed by atoms with Gasteiger partial charge in [0.1, 0.15) is 0 Å². The van der Waals surface area contributed by atoms with E-state index in [1.165, 1.54) is 0 Å². The number of amides is 1. The fraction of sp³-hybridized carbons (Fsp3) is 0.500. The summed E-state index contributed by atoms with van der Waals surface area (Å²) in [7, 11) is 1.82. The van der Waals surface area contributed by atoms with Crippen LogP contribution in [0.2, 0.25) is 0 Å². The molecule has 2 rings (SSSR count). The van der Waals surface area contributed by atoms with Crippen LogP contribution < -0.4 is 0 Å². The van der Waals surface area contributed by atoms with E-state index in [2.05, 4.69) is 5.10 Å². The van der Waals surface area contributed by atoms with Crippen molar-refractivity contribution in [2.75, 3.05) is 13.1 Å². The Balaban J connectivity index is 1.84. The second kappa shape index (κ2) is 6.36. The lowest BCUT2D eigenvalue weighted by Gasteiger charge is -2.30. The van der Waals surface area contributed by atoms with Crippen molar-refractivity contribution in [1.29, 1.82) is 0 Å². The number of carbonyl (C=O) groups excluding carboxylic acids is 1. The normalized spacial score (nSPS) is 16.8. The Bertz CT molecular complexity index is 513. The van der Waals surface area contributed by atoms with Gasteiger partial charge in [0.05, 0.1) is 5.69 Å². The number of hydrogen-bond acceptors (Lipinski definition) is 3. The number of likely N-dealkylation sites (tertiary alicyclic amines) is 1. The number of nitrogens with zero attached hydrogens (tertiary/aromatic N) is 3. The summed E-state index contributed by atoms with van der Waals surface area (Å²) < 4.78 is 1.70. The average molecular weight is 277 g/mol. The molecule has 20 heavy (non-hydrogen) atoms. The first-order valence-electron chi connectivity index (χ1n) is 6.73. The number of hydrogen-bond donors (Lipinski definition) is 1. The third-order valence-corrected chi connectivity index (χ3v) is 3.65. The van der Waals surface area contributed by atoms with Crippen molar-refractivity contribution in [3.63, 3.8) is 0 Å². The Morgan fingerprint density at radius 1 is 1.45 bits per heavy atom. The molecule has 1 aliphatic rings. The van der Waals surface area contributed by atoms with E-state index in [9.17, 15) is 9.59 Å². The van der Waals surface area contributed by atoms with Crippen LogP contribution in [0, 0.1) is 5.92 Å². The number of aromatic nitrogens is 2. The highest BCUT2D eigenvalue weighted by Gasteiger charge is 2.23. The Labute approximate surface area is 117 Å². The molecule has 1 saturated heterocycles. The molecule has 1 N–H and O–H groups in total. The largest absolute Gasteiger partial charge is 0.481 e. The Morgan fingerprint density at radius 3 is 2.70 bits per heavy atom. The second-order valence-electron chi connectivity index (χ2n) is 5.08. The third-order valence-electron chi connectivity index (χ3n) is 3.65. The summed E-state index contributed by atoms with van der Waals surface area (Å²) in [5, 5.41) is 12.8. The van der Waals surface area contributed by atoms with E-state index in [0.717, 1.165) is 18.5 Å². The molecule has 0 aromatic carbocycles. The molecule has 0 spiro atoms. The molecule has 108 valence electrons. The Morgan fingerprint density at radius 2 is 2.15 bits per heavy atom. The van der Waals surface area contributed by atoms with E-state index in [1.807, 2.05) is 13.1 Å². The molecule has 0 atom stereocenters. The van der Waals surface area contributed by atoms with E-state index in [0.29, 0.717) is 13.1 Å². The molecular formula is C14H19N3O3. The van der Waals surface area contributed by atoms with Crippen molar-refractivity contribution < 1.29 is 14.7 Å². The van der Waals surface area contributed by atoms with Gasteiger partial charge in [0.25, 0.3) is 0 Å². The number of piperidine rings is 1. The van der Waals surface area contributed by atoms with Gasteiger partial charge in [-0.15, -0.1) is 0 Å². The van der Waals surface area contributed by atoms with Gasteiger partial charge < -0.3 is 10.0 Å². The molecule has 0 saturated carbocycles. The Kier molecular flexibility index (Phi) is 4.55. The third kappa shape index (κ3) is 3.69. The van der Waals surface area contributed by atoms with E-state index in [1.54, 1.807) is 27.9 Å². The van der Waals surface area contributed by atoms with Crippen LogP contribution in [0.1, 0.15) is 25.0 Å². The number of rotatable bonds is 4. The van der Waals surface area contributed by atoms with Crippen molar-refractivity contribution in [2.24, 2.45) is 13.0 Å². The summed E-state index contributed by atoms with van der Waals surface area (Å²) >= 11 is 0. The number of carboxylic acid groups (broad SMARTS) is 1. The smallest absolute Gasteiger partial charge is 0.303 e. The summed E-state index contributed by atoms with van der Waals surface area (Å²) in [4.78, 5) is 24.4. The minimum Gasteiger partial charge on any atom is -0.481 e. The molecule has 1 aliphatic heterocycles. The molecule has 0 unspecified atom stereocenters. The van der Waals surface area contributed by atoms with Gasteiger partial charge in [-0.2, -0.15) is 5.10 Å². The molecule has 6 heteroatoms. The van der Waals surface area contributed by atoms with Gasteiger partial charge in [0.2, 0.25) is 5.91 Å². The van der Waals surface area contributed by atoms with E-state index in [-0.39, 0.29) is 18.2 Å². The summed E-state index contributed by atoms with van der Waals surface area (Å²) in [6.45, 7) is 1.26. The monoisotopic (exact) mass is 277 g/mol. The van der Waals surface area contributed by atoms with Crippen LogP contribution in [-0.2, 0) is 16.6 Å². The van der Waals surface area contributed by atoms with Gasteiger partial charge in [0.15, 0.2) is 0 Å². The molecule has 2 heterocycles. The van der Waals surface area contributed by atoms with Gasteiger partial charge in [-0.3, -0.25) is 14.3 Å². The number of carbonyl (C=O) groups is 2. The number of aryl methyl sites for hydroxylation is 1. The van der Waals surface area contributed by atoms with Gasteiger partial charge in [-0.05, 0) is 30.9 Å². The average Bonchev–Trinajstić information content (AvgIpc) is 2.82. The zero-order valence-electron chi connectivity index (χ0n) is 11.5. The lowest BCUT2D eigenvalue weighted by Crippen LogP contribution is -2.37. The van der Waals surface area contributed by atoms with Gasteiger partial charge in [-0.1, -0.05) is 0 Å². The molecule has 0 aliphatic carbocycles. The van der Waals surface area contributed by atoms with E-state index < -0.39 is 5.97 Å². The van der Waals surface area contributed by atoms with Crippen molar-refractivity contribution >= 4 is 18.0 Å². The summed E-state index contributed by atoms with van der Waals surface area (Å²) in [5.41, 5.74) is 0.874. The number of aliphatic carboxylic acids is 1. The summed E-state index contributed by atoms with van der Waals surface area (Å²) in [5.74, 6) is -0.594. The van der Waals surface area contributed by atoms with Crippen molar-refractivity contribution in [3.8, 4) is 0 Å². The lowest BCUT2D eigenvalue weighted by atomic mass is 9.93. The van der Waals surface area contributed by atoms with Gasteiger partial charge in [-0.25, -0.2) is 0 Å². The van der Waals surface area contributed by atoms with Crippen LogP contribution >= 0.6 is 0 Å². The minimum atomic E-state index is -0.758. The van der Waals surface area contributed by atoms with Crippen LogP contribution in [0.15, 0.2) is 18.3 Å². The zero-order chi connectivity index (χ0) is 14.5. The molecule has 1 aromatic heterocycles. The van der Waals surface area contributed by atoms with Crippen LogP contribution in [0.25, 0.3) is 6.08 Å². The molecular weight excluding hydrogens is 258 g/mol. The van der Waals surface area contributed by atoms with Crippen molar-refractivity contribution in [2.45, 2.75) is 19.3 Å². The lowest BCUT2D eigenvalue weighted by molar-refractivity contribution is -0.138. The molecule has 0 radical (unpaired) electrons. The highest BCUT2D eigenvalue weighted by atomic mass is 16.4. The van der Waals surface area contributed by atoms with E-state index in [4.69, 9.17) is 5.11 Å². The van der Waals surface area contributed by atoms with E-state index >= 15 is 0 Å². The van der Waals surface area contributed by atoms with Crippen LogP contribution in [0.3, 0.4) is 0 Å². The topological polar surface area (TPSA) is 75.4 Å². The first-order chi connectivity index (χ1) is 9.56. The van der Waals surface area contributed by atoms with Crippen molar-refractivity contribution in [3.05, 3.63) is 24.0 Å². The second-order valence-corrected chi connectivity index (χ2v) is 5.08. The van der Waals surface area contributed by atoms with Crippen LogP contribution in [-0.4, -0.2) is 44.8 Å². The first-order valence-corrected chi connectivity index (χ1v) is 6.73. The fourth-order valence-corrected chi connectivity index (χ4v) is 2.41. The maximum atomic E-state index is 12.0. The first kappa shape index (κ1) is 14.3. The van der Waals surface area contributed by atoms with Gasteiger partial charge >= 0.3 is 5.97 Å². The SMILES string of the molecule is Cn1nccc1C=CC(=O)N1CCC(CC(=O)O)CC1. The minimum absolute atomic E-state index is 0.0278. The number of carboxylic acids is 1. The zero-order valence-corrected chi connectivity index (χ0v) is 11.5. The van der Waals surface area contributed by atoms with Crippen LogP contribution in [0.5, 0.6) is 0 Å². The predicted octanol–water partition coefficient (Wildman–Crippen LogP) is 1.15. The van der Waals surface area contributed by atoms with Crippen molar-refractivity contribution in [1.82, 2.24) is 14.7 Å². The predicted molar refractivity (Wildman–Crippen MR) is 73.8 cm³/mol. The molecule has 1 aromatic rings. The highest BCUT2D eigenvalue weighted by Crippen LogP contribution is 2.20. The standard InChI is InChI=1S/C14H19N3O3/c1-16-12(4-7-15-16)2-3-13(18)17-8-5-11(6-9-17)10-14(19)20/h2-4,7,11H,5-6,8-10H2,1H3,(H,19,20). The summed E-state index contributed by atoms with van der Waals surface area (Å²) in [6.07, 6.45) is 6.71. The van der Waals surface area contributed by atoms with Gasteiger partial charge in [0, 0.05) is 38.8 Å². The molecule has 6 nitrogen and oxygen atoms in total. The quantitative estimate of drug-likeness (QED) is 0.838. The molecule has 1 fully saturated rings. The maximum Gasteiger partial charge on any atom is 0.303 e. The summed E-state index contributed by atoms with van der Waals surface area (Å²) in [6, 6.07) is 1.84. The molecule has 0 bridgehead atoms. The highest BCUT2D eigenvalue weighted by molar-refractivity contribution is 5.91. The van der Waals surface area contributed by atoms with Crippen LogP contribution in [0.4, 0.5) is 0 Å².